The summed E-state index contributed by atoms with van der Waals surface area (Å²) in [6.45, 7) is 4.53. The molecule has 1 heterocycles. The number of aromatic nitrogens is 1. The summed E-state index contributed by atoms with van der Waals surface area (Å²) in [4.78, 5) is 37.2. The number of amides is 1. The van der Waals surface area contributed by atoms with Crippen LogP contribution in [0.4, 0.5) is 5.69 Å². The Balaban J connectivity index is 1.92. The molecule has 0 aliphatic rings. The zero-order valence-electron chi connectivity index (χ0n) is 15.5. The number of hydrogen-bond donors (Lipinski definition) is 1. The third-order valence-corrected chi connectivity index (χ3v) is 4.52. The molecule has 0 saturated carbocycles. The van der Waals surface area contributed by atoms with Gasteiger partial charge in [-0.1, -0.05) is 11.6 Å². The van der Waals surface area contributed by atoms with Crippen LogP contribution in [0.2, 0.25) is 5.02 Å². The Kier molecular flexibility index (Phi) is 5.80. The summed E-state index contributed by atoms with van der Waals surface area (Å²) in [6.07, 6.45) is 1.54. The molecule has 28 heavy (non-hydrogen) atoms. The number of anilines is 1. The Morgan fingerprint density at radius 2 is 1.82 bits per heavy atom. The Bertz CT molecular complexity index is 1100. The van der Waals surface area contributed by atoms with E-state index >= 15 is 0 Å². The van der Waals surface area contributed by atoms with Crippen molar-refractivity contribution in [2.45, 2.75) is 20.4 Å². The molecular formula is C21H19ClN2O4. The van der Waals surface area contributed by atoms with Gasteiger partial charge in [0.05, 0.1) is 17.7 Å². The molecule has 0 aliphatic carbocycles. The van der Waals surface area contributed by atoms with Gasteiger partial charge in [-0.2, -0.15) is 0 Å². The number of esters is 1. The Morgan fingerprint density at radius 3 is 2.46 bits per heavy atom. The number of carbonyl (C=O) groups is 2. The van der Waals surface area contributed by atoms with Crippen molar-refractivity contribution in [2.24, 2.45) is 0 Å². The quantitative estimate of drug-likeness (QED) is 0.656. The molecule has 0 spiro atoms. The first-order chi connectivity index (χ1) is 13.4. The number of aryl methyl sites for hydroxylation is 1. The van der Waals surface area contributed by atoms with Gasteiger partial charge in [0.15, 0.2) is 0 Å². The van der Waals surface area contributed by atoms with E-state index in [-0.39, 0.29) is 17.6 Å². The van der Waals surface area contributed by atoms with Crippen LogP contribution in [0.1, 0.15) is 34.6 Å². The van der Waals surface area contributed by atoms with Crippen LogP contribution < -0.4 is 10.7 Å². The summed E-state index contributed by atoms with van der Waals surface area (Å²) < 4.78 is 6.75. The third kappa shape index (κ3) is 3.92. The monoisotopic (exact) mass is 398 g/mol. The minimum absolute atomic E-state index is 0.0195. The van der Waals surface area contributed by atoms with Crippen molar-refractivity contribution in [3.05, 3.63) is 75.0 Å². The van der Waals surface area contributed by atoms with Crippen molar-refractivity contribution in [2.75, 3.05) is 11.9 Å². The molecule has 0 atom stereocenters. The molecule has 0 saturated heterocycles. The minimum atomic E-state index is -0.530. The number of hydrogen-bond acceptors (Lipinski definition) is 4. The molecule has 1 amide bonds. The lowest BCUT2D eigenvalue weighted by molar-refractivity contribution is 0.0526. The molecule has 0 unspecified atom stereocenters. The number of halogens is 1. The van der Waals surface area contributed by atoms with E-state index in [1.54, 1.807) is 55.6 Å². The summed E-state index contributed by atoms with van der Waals surface area (Å²) in [5, 5.41) is 3.51. The highest BCUT2D eigenvalue weighted by Gasteiger charge is 2.16. The number of pyridine rings is 1. The summed E-state index contributed by atoms with van der Waals surface area (Å²) in [7, 11) is 0. The molecule has 0 bridgehead atoms. The molecule has 0 aliphatic heterocycles. The van der Waals surface area contributed by atoms with Crippen LogP contribution in [0.3, 0.4) is 0 Å². The van der Waals surface area contributed by atoms with E-state index in [0.717, 1.165) is 0 Å². The van der Waals surface area contributed by atoms with Gasteiger partial charge in [-0.05, 0) is 56.3 Å². The van der Waals surface area contributed by atoms with Gasteiger partial charge in [0.2, 0.25) is 5.43 Å². The molecule has 3 rings (SSSR count). The predicted octanol–water partition coefficient (Wildman–Crippen LogP) is 4.10. The van der Waals surface area contributed by atoms with E-state index in [0.29, 0.717) is 33.7 Å². The molecule has 2 aromatic carbocycles. The van der Waals surface area contributed by atoms with Crippen molar-refractivity contribution in [3.63, 3.8) is 0 Å². The van der Waals surface area contributed by atoms with Crippen LogP contribution in [0.15, 0.2) is 53.5 Å². The number of nitrogens with one attached hydrogen (secondary N) is 1. The number of carbonyl (C=O) groups excluding carboxylic acids is 2. The normalized spacial score (nSPS) is 10.7. The SMILES string of the molecule is CCOC(=O)c1ccc(NC(=O)c2cn(CC)c3ccc(Cl)cc3c2=O)cc1. The fraction of sp³-hybridized carbons (Fsp3) is 0.190. The van der Waals surface area contributed by atoms with Gasteiger partial charge in [-0.15, -0.1) is 0 Å². The highest BCUT2D eigenvalue weighted by molar-refractivity contribution is 6.31. The highest BCUT2D eigenvalue weighted by Crippen LogP contribution is 2.18. The maximum Gasteiger partial charge on any atom is 0.338 e. The van der Waals surface area contributed by atoms with Crippen molar-refractivity contribution >= 4 is 40.1 Å². The highest BCUT2D eigenvalue weighted by atomic mass is 35.5. The molecule has 1 N–H and O–H groups in total. The lowest BCUT2D eigenvalue weighted by Gasteiger charge is -2.12. The molecule has 7 heteroatoms. The summed E-state index contributed by atoms with van der Waals surface area (Å²) >= 11 is 6.02. The smallest absolute Gasteiger partial charge is 0.338 e. The topological polar surface area (TPSA) is 77.4 Å². The standard InChI is InChI=1S/C21H19ClN2O4/c1-3-24-12-17(19(25)16-11-14(22)7-10-18(16)24)20(26)23-15-8-5-13(6-9-15)21(27)28-4-2/h5-12H,3-4H2,1-2H3,(H,23,26). The fourth-order valence-electron chi connectivity index (χ4n) is 2.90. The van der Waals surface area contributed by atoms with Crippen LogP contribution in [0.5, 0.6) is 0 Å². The maximum atomic E-state index is 12.8. The fourth-order valence-corrected chi connectivity index (χ4v) is 3.07. The van der Waals surface area contributed by atoms with E-state index in [1.807, 2.05) is 11.5 Å². The number of ether oxygens (including phenoxy) is 1. The lowest BCUT2D eigenvalue weighted by Crippen LogP contribution is -2.24. The van der Waals surface area contributed by atoms with Crippen molar-refractivity contribution < 1.29 is 14.3 Å². The number of benzene rings is 2. The van der Waals surface area contributed by atoms with E-state index in [4.69, 9.17) is 16.3 Å². The van der Waals surface area contributed by atoms with Gasteiger partial charge in [0, 0.05) is 28.8 Å². The summed E-state index contributed by atoms with van der Waals surface area (Å²) in [6, 6.07) is 11.3. The Morgan fingerprint density at radius 1 is 1.11 bits per heavy atom. The zero-order valence-corrected chi connectivity index (χ0v) is 16.2. The summed E-state index contributed by atoms with van der Waals surface area (Å²) in [5.74, 6) is -0.962. The molecule has 1 aromatic heterocycles. The minimum Gasteiger partial charge on any atom is -0.462 e. The van der Waals surface area contributed by atoms with Gasteiger partial charge in [0.25, 0.3) is 5.91 Å². The first-order valence-electron chi connectivity index (χ1n) is 8.85. The van der Waals surface area contributed by atoms with Gasteiger partial charge >= 0.3 is 5.97 Å². The average molecular weight is 399 g/mol. The maximum absolute atomic E-state index is 12.8. The van der Waals surface area contributed by atoms with Crippen LogP contribution in [0.25, 0.3) is 10.9 Å². The van der Waals surface area contributed by atoms with Crippen LogP contribution in [0, 0.1) is 0 Å². The number of rotatable bonds is 5. The van der Waals surface area contributed by atoms with Gasteiger partial charge in [0.1, 0.15) is 5.56 Å². The third-order valence-electron chi connectivity index (χ3n) is 4.28. The second kappa shape index (κ2) is 8.27. The second-order valence-electron chi connectivity index (χ2n) is 6.07. The summed E-state index contributed by atoms with van der Waals surface area (Å²) in [5.41, 5.74) is 1.20. The Hall–Kier alpha value is -3.12. The first kappa shape index (κ1) is 19.6. The van der Waals surface area contributed by atoms with E-state index in [1.165, 1.54) is 0 Å². The van der Waals surface area contributed by atoms with Crippen molar-refractivity contribution in [3.8, 4) is 0 Å². The van der Waals surface area contributed by atoms with Gasteiger partial charge in [-0.25, -0.2) is 4.79 Å². The van der Waals surface area contributed by atoms with E-state index in [9.17, 15) is 14.4 Å². The molecule has 6 nitrogen and oxygen atoms in total. The molecular weight excluding hydrogens is 380 g/mol. The lowest BCUT2D eigenvalue weighted by atomic mass is 10.1. The van der Waals surface area contributed by atoms with Crippen LogP contribution in [-0.4, -0.2) is 23.1 Å². The van der Waals surface area contributed by atoms with Crippen LogP contribution >= 0.6 is 11.6 Å². The van der Waals surface area contributed by atoms with Crippen molar-refractivity contribution in [1.29, 1.82) is 0 Å². The predicted molar refractivity (Wildman–Crippen MR) is 109 cm³/mol. The second-order valence-corrected chi connectivity index (χ2v) is 6.51. The van der Waals surface area contributed by atoms with Crippen LogP contribution in [-0.2, 0) is 11.3 Å². The Labute approximate surface area is 166 Å². The number of fused-ring (bicyclic) bond motifs is 1. The largest absolute Gasteiger partial charge is 0.462 e. The van der Waals surface area contributed by atoms with E-state index in [2.05, 4.69) is 5.32 Å². The molecule has 0 fully saturated rings. The molecule has 144 valence electrons. The zero-order chi connectivity index (χ0) is 20.3. The molecule has 3 aromatic rings. The van der Waals surface area contributed by atoms with Gasteiger partial charge in [-0.3, -0.25) is 9.59 Å². The van der Waals surface area contributed by atoms with E-state index < -0.39 is 11.9 Å². The van der Waals surface area contributed by atoms with Gasteiger partial charge < -0.3 is 14.6 Å². The first-order valence-corrected chi connectivity index (χ1v) is 9.23. The molecule has 0 radical (unpaired) electrons. The number of nitrogens with zero attached hydrogens (tertiary/aromatic N) is 1. The van der Waals surface area contributed by atoms with Crippen molar-refractivity contribution in [1.82, 2.24) is 4.57 Å². The average Bonchev–Trinajstić information content (AvgIpc) is 2.69.